The number of hydrogen-bond acceptors (Lipinski definition) is 5. The average Bonchev–Trinajstić information content (AvgIpc) is 2.76. The van der Waals surface area contributed by atoms with Crippen LogP contribution in [0.2, 0.25) is 0 Å². The van der Waals surface area contributed by atoms with Gasteiger partial charge in [0.2, 0.25) is 0 Å². The first kappa shape index (κ1) is 12.6. The van der Waals surface area contributed by atoms with Crippen molar-refractivity contribution in [2.75, 3.05) is 7.11 Å². The number of hydrogen-bond donors (Lipinski definition) is 2. The highest BCUT2D eigenvalue weighted by Crippen LogP contribution is 2.12. The molecule has 1 aromatic heterocycles. The summed E-state index contributed by atoms with van der Waals surface area (Å²) >= 11 is 1.67. The third kappa shape index (κ3) is 4.70. The van der Waals surface area contributed by atoms with Gasteiger partial charge in [0.15, 0.2) is 0 Å². The highest BCUT2D eigenvalue weighted by atomic mass is 32.1. The lowest BCUT2D eigenvalue weighted by Gasteiger charge is -2.16. The molecule has 2 unspecified atom stereocenters. The van der Waals surface area contributed by atoms with Crippen LogP contribution in [0.25, 0.3) is 0 Å². The monoisotopic (exact) mass is 229 g/mol. The maximum absolute atomic E-state index is 5.51. The van der Waals surface area contributed by atoms with Crippen LogP contribution < -0.4 is 11.3 Å². The SMILES string of the molecule is COC(C)CCC(Cc1cncs1)NN. The van der Waals surface area contributed by atoms with Gasteiger partial charge in [0.05, 0.1) is 11.6 Å². The second-order valence-corrected chi connectivity index (χ2v) is 4.63. The Morgan fingerprint density at radius 2 is 2.40 bits per heavy atom. The summed E-state index contributed by atoms with van der Waals surface area (Å²) in [5.41, 5.74) is 4.69. The molecule has 3 N–H and O–H groups in total. The van der Waals surface area contributed by atoms with E-state index in [-0.39, 0.29) is 0 Å². The summed E-state index contributed by atoms with van der Waals surface area (Å²) in [7, 11) is 1.73. The standard InChI is InChI=1S/C10H19N3OS/c1-8(14-2)3-4-9(13-11)5-10-6-12-7-15-10/h6-9,13H,3-5,11H2,1-2H3. The third-order valence-corrected chi connectivity index (χ3v) is 3.29. The number of methoxy groups -OCH3 is 1. The van der Waals surface area contributed by atoms with E-state index in [9.17, 15) is 0 Å². The molecule has 0 saturated heterocycles. The zero-order valence-electron chi connectivity index (χ0n) is 9.27. The van der Waals surface area contributed by atoms with Crippen molar-refractivity contribution < 1.29 is 4.74 Å². The molecule has 0 amide bonds. The highest BCUT2D eigenvalue weighted by molar-refractivity contribution is 7.09. The molecule has 0 fully saturated rings. The molecule has 0 spiro atoms. The van der Waals surface area contributed by atoms with Gasteiger partial charge in [0, 0.05) is 30.6 Å². The Balaban J connectivity index is 2.30. The van der Waals surface area contributed by atoms with Crippen molar-refractivity contribution in [2.45, 2.75) is 38.3 Å². The summed E-state index contributed by atoms with van der Waals surface area (Å²) in [4.78, 5) is 5.31. The van der Waals surface area contributed by atoms with Gasteiger partial charge < -0.3 is 4.74 Å². The molecular weight excluding hydrogens is 210 g/mol. The maximum Gasteiger partial charge on any atom is 0.0794 e. The van der Waals surface area contributed by atoms with Crippen LogP contribution >= 0.6 is 11.3 Å². The molecule has 0 aliphatic heterocycles. The second-order valence-electron chi connectivity index (χ2n) is 3.66. The minimum absolute atomic E-state index is 0.294. The van der Waals surface area contributed by atoms with Crippen LogP contribution in [-0.2, 0) is 11.2 Å². The zero-order valence-corrected chi connectivity index (χ0v) is 10.1. The minimum Gasteiger partial charge on any atom is -0.382 e. The lowest BCUT2D eigenvalue weighted by molar-refractivity contribution is 0.106. The second kappa shape index (κ2) is 6.90. The molecule has 15 heavy (non-hydrogen) atoms. The van der Waals surface area contributed by atoms with E-state index in [0.29, 0.717) is 12.1 Å². The molecule has 2 atom stereocenters. The summed E-state index contributed by atoms with van der Waals surface area (Å²) in [6.45, 7) is 2.07. The van der Waals surface area contributed by atoms with E-state index in [1.165, 1.54) is 4.88 Å². The fourth-order valence-corrected chi connectivity index (χ4v) is 2.06. The van der Waals surface area contributed by atoms with E-state index in [0.717, 1.165) is 19.3 Å². The summed E-state index contributed by atoms with van der Waals surface area (Å²) in [6, 6.07) is 0.308. The number of ether oxygens (including phenoxy) is 1. The fraction of sp³-hybridized carbons (Fsp3) is 0.700. The van der Waals surface area contributed by atoms with Crippen molar-refractivity contribution in [3.8, 4) is 0 Å². The first-order valence-corrected chi connectivity index (χ1v) is 6.00. The molecule has 0 radical (unpaired) electrons. The van der Waals surface area contributed by atoms with E-state index in [4.69, 9.17) is 10.6 Å². The maximum atomic E-state index is 5.51. The van der Waals surface area contributed by atoms with Gasteiger partial charge in [-0.1, -0.05) is 0 Å². The van der Waals surface area contributed by atoms with Crippen LogP contribution in [0.5, 0.6) is 0 Å². The highest BCUT2D eigenvalue weighted by Gasteiger charge is 2.10. The number of thiazole rings is 1. The van der Waals surface area contributed by atoms with Crippen LogP contribution in [0.15, 0.2) is 11.7 Å². The Kier molecular flexibility index (Phi) is 5.78. The van der Waals surface area contributed by atoms with E-state index in [1.807, 2.05) is 11.7 Å². The molecule has 0 aliphatic rings. The van der Waals surface area contributed by atoms with Gasteiger partial charge in [-0.05, 0) is 19.8 Å². The van der Waals surface area contributed by atoms with Gasteiger partial charge in [-0.15, -0.1) is 11.3 Å². The Labute approximate surface area is 94.8 Å². The van der Waals surface area contributed by atoms with E-state index in [2.05, 4.69) is 17.3 Å². The normalized spacial score (nSPS) is 15.1. The van der Waals surface area contributed by atoms with Crippen molar-refractivity contribution in [3.05, 3.63) is 16.6 Å². The van der Waals surface area contributed by atoms with Crippen LogP contribution in [0.4, 0.5) is 0 Å². The topological polar surface area (TPSA) is 60.2 Å². The van der Waals surface area contributed by atoms with Gasteiger partial charge in [0.1, 0.15) is 0 Å². The smallest absolute Gasteiger partial charge is 0.0794 e. The number of nitrogens with two attached hydrogens (primary N) is 1. The molecule has 4 nitrogen and oxygen atoms in total. The van der Waals surface area contributed by atoms with Gasteiger partial charge in [0.25, 0.3) is 0 Å². The van der Waals surface area contributed by atoms with Crippen molar-refractivity contribution in [1.82, 2.24) is 10.4 Å². The molecule has 0 aliphatic carbocycles. The van der Waals surface area contributed by atoms with Gasteiger partial charge >= 0.3 is 0 Å². The Morgan fingerprint density at radius 1 is 1.60 bits per heavy atom. The van der Waals surface area contributed by atoms with E-state index < -0.39 is 0 Å². The molecule has 1 aromatic rings. The Bertz CT molecular complexity index is 253. The van der Waals surface area contributed by atoms with Gasteiger partial charge in [-0.25, -0.2) is 0 Å². The number of nitrogens with one attached hydrogen (secondary N) is 1. The Morgan fingerprint density at radius 3 is 2.93 bits per heavy atom. The predicted molar refractivity (Wildman–Crippen MR) is 62.6 cm³/mol. The first-order chi connectivity index (χ1) is 7.26. The van der Waals surface area contributed by atoms with Crippen molar-refractivity contribution in [1.29, 1.82) is 0 Å². The Hall–Kier alpha value is -0.490. The molecule has 0 bridgehead atoms. The summed E-state index contributed by atoms with van der Waals surface area (Å²) in [5.74, 6) is 5.51. The molecule has 1 rings (SSSR count). The van der Waals surface area contributed by atoms with Crippen molar-refractivity contribution in [2.24, 2.45) is 5.84 Å². The van der Waals surface area contributed by atoms with E-state index >= 15 is 0 Å². The minimum atomic E-state index is 0.294. The lowest BCUT2D eigenvalue weighted by atomic mass is 10.1. The summed E-state index contributed by atoms with van der Waals surface area (Å²) in [6.07, 6.45) is 5.17. The van der Waals surface area contributed by atoms with Crippen molar-refractivity contribution in [3.63, 3.8) is 0 Å². The number of rotatable bonds is 7. The van der Waals surface area contributed by atoms with Crippen LogP contribution in [-0.4, -0.2) is 24.2 Å². The molecule has 86 valence electrons. The summed E-state index contributed by atoms with van der Waals surface area (Å²) in [5, 5.41) is 0. The zero-order chi connectivity index (χ0) is 11.1. The fourth-order valence-electron chi connectivity index (χ4n) is 1.38. The van der Waals surface area contributed by atoms with Gasteiger partial charge in [-0.2, -0.15) is 0 Å². The average molecular weight is 229 g/mol. The van der Waals surface area contributed by atoms with Crippen LogP contribution in [0.1, 0.15) is 24.6 Å². The molecule has 5 heteroatoms. The predicted octanol–water partition coefficient (Wildman–Crippen LogP) is 1.33. The van der Waals surface area contributed by atoms with Crippen molar-refractivity contribution >= 4 is 11.3 Å². The quantitative estimate of drug-likeness (QED) is 0.547. The van der Waals surface area contributed by atoms with Crippen LogP contribution in [0, 0.1) is 0 Å². The largest absolute Gasteiger partial charge is 0.382 e. The third-order valence-electron chi connectivity index (χ3n) is 2.49. The van der Waals surface area contributed by atoms with Gasteiger partial charge in [-0.3, -0.25) is 16.3 Å². The number of aromatic nitrogens is 1. The van der Waals surface area contributed by atoms with E-state index in [1.54, 1.807) is 18.4 Å². The summed E-state index contributed by atoms with van der Waals surface area (Å²) < 4.78 is 5.20. The van der Waals surface area contributed by atoms with Crippen LogP contribution in [0.3, 0.4) is 0 Å². The lowest BCUT2D eigenvalue weighted by Crippen LogP contribution is -2.37. The molecule has 1 heterocycles. The molecule has 0 aromatic carbocycles. The molecule has 0 saturated carbocycles. The number of hydrazine groups is 1. The first-order valence-electron chi connectivity index (χ1n) is 5.12. The number of nitrogens with zero attached hydrogens (tertiary/aromatic N) is 1. The molecular formula is C10H19N3OS.